The van der Waals surface area contributed by atoms with E-state index in [0.717, 1.165) is 11.1 Å². The number of hydrogen-bond donors (Lipinski definition) is 2. The number of methoxy groups -OCH3 is 1. The highest BCUT2D eigenvalue weighted by atomic mass is 32.2. The smallest absolute Gasteiger partial charge is 0.329 e. The van der Waals surface area contributed by atoms with Gasteiger partial charge in [0.2, 0.25) is 0 Å². The Balaban J connectivity index is 1.85. The van der Waals surface area contributed by atoms with Crippen LogP contribution in [0.1, 0.15) is 17.2 Å². The third kappa shape index (κ3) is 4.50. The number of urea groups is 1. The molecule has 3 rings (SSSR count). The van der Waals surface area contributed by atoms with Crippen molar-refractivity contribution in [2.75, 3.05) is 7.11 Å². The van der Waals surface area contributed by atoms with Crippen LogP contribution in [0.5, 0.6) is 5.75 Å². The minimum atomic E-state index is -4.10. The first-order valence-electron chi connectivity index (χ1n) is 8.57. The SMILES string of the molecule is COc1ccccc1S(=O)(=O)NC(=O)NC(c1ccccc1)c1ccccc1. The van der Waals surface area contributed by atoms with Gasteiger partial charge in [0.1, 0.15) is 10.6 Å². The highest BCUT2D eigenvalue weighted by Crippen LogP contribution is 2.24. The van der Waals surface area contributed by atoms with Gasteiger partial charge < -0.3 is 10.1 Å². The molecule has 3 aromatic carbocycles. The van der Waals surface area contributed by atoms with Gasteiger partial charge in [-0.15, -0.1) is 0 Å². The molecule has 28 heavy (non-hydrogen) atoms. The summed E-state index contributed by atoms with van der Waals surface area (Å²) < 4.78 is 32.4. The summed E-state index contributed by atoms with van der Waals surface area (Å²) in [5.41, 5.74) is 1.66. The molecule has 0 atom stereocenters. The normalized spacial score (nSPS) is 11.1. The maximum atomic E-state index is 12.6. The number of carbonyl (C=O) groups is 1. The Kier molecular flexibility index (Phi) is 5.96. The first kappa shape index (κ1) is 19.4. The zero-order valence-corrected chi connectivity index (χ0v) is 16.0. The van der Waals surface area contributed by atoms with Gasteiger partial charge in [-0.05, 0) is 23.3 Å². The first-order chi connectivity index (χ1) is 13.5. The Morgan fingerprint density at radius 2 is 1.32 bits per heavy atom. The lowest BCUT2D eigenvalue weighted by atomic mass is 9.99. The van der Waals surface area contributed by atoms with Crippen LogP contribution in [0.15, 0.2) is 89.8 Å². The van der Waals surface area contributed by atoms with Crippen LogP contribution in [0, 0.1) is 0 Å². The molecule has 7 heteroatoms. The Bertz CT molecular complexity index is 999. The third-order valence-corrected chi connectivity index (χ3v) is 5.50. The van der Waals surface area contributed by atoms with Crippen LogP contribution in [0.25, 0.3) is 0 Å². The van der Waals surface area contributed by atoms with Gasteiger partial charge in [0, 0.05) is 0 Å². The molecule has 0 saturated carbocycles. The predicted molar refractivity (Wildman–Crippen MR) is 107 cm³/mol. The number of benzene rings is 3. The lowest BCUT2D eigenvalue weighted by Crippen LogP contribution is -2.41. The maximum Gasteiger partial charge on any atom is 0.329 e. The zero-order valence-electron chi connectivity index (χ0n) is 15.2. The van der Waals surface area contributed by atoms with Crippen molar-refractivity contribution in [3.63, 3.8) is 0 Å². The quantitative estimate of drug-likeness (QED) is 0.668. The van der Waals surface area contributed by atoms with Crippen LogP contribution >= 0.6 is 0 Å². The summed E-state index contributed by atoms with van der Waals surface area (Å²) in [6, 6.07) is 23.4. The Labute approximate surface area is 164 Å². The average Bonchev–Trinajstić information content (AvgIpc) is 2.73. The lowest BCUT2D eigenvalue weighted by molar-refractivity contribution is 0.243. The molecule has 2 amide bonds. The van der Waals surface area contributed by atoms with Gasteiger partial charge in [-0.3, -0.25) is 0 Å². The van der Waals surface area contributed by atoms with Crippen molar-refractivity contribution in [2.24, 2.45) is 0 Å². The van der Waals surface area contributed by atoms with Gasteiger partial charge in [0.05, 0.1) is 13.2 Å². The van der Waals surface area contributed by atoms with E-state index in [9.17, 15) is 13.2 Å². The summed E-state index contributed by atoms with van der Waals surface area (Å²) in [5.74, 6) is 0.158. The summed E-state index contributed by atoms with van der Waals surface area (Å²) in [7, 11) is -2.73. The Morgan fingerprint density at radius 1 is 0.821 bits per heavy atom. The second kappa shape index (κ2) is 8.58. The van der Waals surface area contributed by atoms with E-state index in [2.05, 4.69) is 10.0 Å². The van der Waals surface area contributed by atoms with E-state index in [4.69, 9.17) is 4.74 Å². The summed E-state index contributed by atoms with van der Waals surface area (Å²) >= 11 is 0. The molecular weight excluding hydrogens is 376 g/mol. The highest BCUT2D eigenvalue weighted by molar-refractivity contribution is 7.90. The molecule has 0 aromatic heterocycles. The number of ether oxygens (including phenoxy) is 1. The van der Waals surface area contributed by atoms with E-state index in [-0.39, 0.29) is 10.6 Å². The number of carbonyl (C=O) groups excluding carboxylic acids is 1. The minimum absolute atomic E-state index is 0.108. The van der Waals surface area contributed by atoms with Crippen molar-refractivity contribution in [2.45, 2.75) is 10.9 Å². The fourth-order valence-electron chi connectivity index (χ4n) is 2.83. The largest absolute Gasteiger partial charge is 0.495 e. The average molecular weight is 396 g/mol. The summed E-state index contributed by atoms with van der Waals surface area (Å²) in [6.45, 7) is 0. The molecule has 0 saturated heterocycles. The molecule has 0 fully saturated rings. The van der Waals surface area contributed by atoms with E-state index in [1.54, 1.807) is 12.1 Å². The molecule has 0 aliphatic heterocycles. The zero-order chi connectivity index (χ0) is 20.0. The second-order valence-corrected chi connectivity index (χ2v) is 7.64. The molecule has 0 radical (unpaired) electrons. The van der Waals surface area contributed by atoms with Crippen molar-refractivity contribution in [1.29, 1.82) is 0 Å². The topological polar surface area (TPSA) is 84.5 Å². The molecule has 2 N–H and O–H groups in total. The van der Waals surface area contributed by atoms with E-state index in [1.807, 2.05) is 60.7 Å². The fraction of sp³-hybridized carbons (Fsp3) is 0.0952. The third-order valence-electron chi connectivity index (χ3n) is 4.13. The predicted octanol–water partition coefficient (Wildman–Crippen LogP) is 3.47. The standard InChI is InChI=1S/C21H20N2O4S/c1-27-18-14-8-9-15-19(18)28(25,26)23-21(24)22-20(16-10-4-2-5-11-16)17-12-6-3-7-13-17/h2-15,20H,1H3,(H2,22,23,24). The van der Waals surface area contributed by atoms with E-state index in [0.29, 0.717) is 0 Å². The summed E-state index contributed by atoms with van der Waals surface area (Å²) in [4.78, 5) is 12.4. The number of sulfonamides is 1. The second-order valence-electron chi connectivity index (χ2n) is 5.98. The van der Waals surface area contributed by atoms with Crippen LogP contribution in [0.4, 0.5) is 4.79 Å². The monoisotopic (exact) mass is 396 g/mol. The van der Waals surface area contributed by atoms with Crippen LogP contribution in [-0.2, 0) is 10.0 Å². The number of hydrogen-bond acceptors (Lipinski definition) is 4. The van der Waals surface area contributed by atoms with E-state index in [1.165, 1.54) is 19.2 Å². The van der Waals surface area contributed by atoms with Crippen LogP contribution in [-0.4, -0.2) is 21.6 Å². The highest BCUT2D eigenvalue weighted by Gasteiger charge is 2.24. The molecule has 0 unspecified atom stereocenters. The fourth-order valence-corrected chi connectivity index (χ4v) is 3.92. The van der Waals surface area contributed by atoms with Crippen LogP contribution < -0.4 is 14.8 Å². The molecule has 3 aromatic rings. The number of rotatable bonds is 6. The lowest BCUT2D eigenvalue weighted by Gasteiger charge is -2.20. The number of nitrogens with one attached hydrogen (secondary N) is 2. The van der Waals surface area contributed by atoms with Crippen molar-refractivity contribution in [3.8, 4) is 5.75 Å². The molecular formula is C21H20N2O4S. The van der Waals surface area contributed by atoms with Gasteiger partial charge in [0.15, 0.2) is 0 Å². The molecule has 0 heterocycles. The molecule has 6 nitrogen and oxygen atoms in total. The first-order valence-corrected chi connectivity index (χ1v) is 10.1. The van der Waals surface area contributed by atoms with Crippen molar-refractivity contribution < 1.29 is 17.9 Å². The number of para-hydroxylation sites is 1. The van der Waals surface area contributed by atoms with Gasteiger partial charge >= 0.3 is 6.03 Å². The van der Waals surface area contributed by atoms with E-state index >= 15 is 0 Å². The van der Waals surface area contributed by atoms with Crippen molar-refractivity contribution in [3.05, 3.63) is 96.1 Å². The Morgan fingerprint density at radius 3 is 1.86 bits per heavy atom. The van der Waals surface area contributed by atoms with E-state index < -0.39 is 22.1 Å². The minimum Gasteiger partial charge on any atom is -0.495 e. The van der Waals surface area contributed by atoms with Gasteiger partial charge in [-0.1, -0.05) is 72.8 Å². The maximum absolute atomic E-state index is 12.6. The number of amides is 2. The summed E-state index contributed by atoms with van der Waals surface area (Å²) in [5, 5.41) is 2.74. The molecule has 0 aliphatic rings. The van der Waals surface area contributed by atoms with Gasteiger partial charge in [-0.25, -0.2) is 17.9 Å². The Hall–Kier alpha value is -3.32. The molecule has 144 valence electrons. The molecule has 0 aliphatic carbocycles. The molecule has 0 spiro atoms. The van der Waals surface area contributed by atoms with Crippen LogP contribution in [0.3, 0.4) is 0 Å². The van der Waals surface area contributed by atoms with Crippen molar-refractivity contribution >= 4 is 16.1 Å². The van der Waals surface area contributed by atoms with Crippen LogP contribution in [0.2, 0.25) is 0 Å². The van der Waals surface area contributed by atoms with Crippen molar-refractivity contribution in [1.82, 2.24) is 10.0 Å². The summed E-state index contributed by atoms with van der Waals surface area (Å²) in [6.07, 6.45) is 0. The van der Waals surface area contributed by atoms with Gasteiger partial charge in [-0.2, -0.15) is 0 Å². The molecule has 0 bridgehead atoms. The van der Waals surface area contributed by atoms with Gasteiger partial charge in [0.25, 0.3) is 10.0 Å².